The molecule has 0 unspecified atom stereocenters. The molecule has 1 saturated heterocycles. The van der Waals surface area contributed by atoms with E-state index < -0.39 is 15.9 Å². The summed E-state index contributed by atoms with van der Waals surface area (Å²) >= 11 is 0. The highest BCUT2D eigenvalue weighted by molar-refractivity contribution is 7.89. The molecule has 4 aromatic carbocycles. The predicted molar refractivity (Wildman–Crippen MR) is 133 cm³/mol. The highest BCUT2D eigenvalue weighted by atomic mass is 32.2. The van der Waals surface area contributed by atoms with Crippen LogP contribution in [-0.2, 0) is 14.8 Å². The van der Waals surface area contributed by atoms with Gasteiger partial charge >= 0.3 is 0 Å². The molecule has 4 aromatic rings. The van der Waals surface area contributed by atoms with E-state index in [4.69, 9.17) is 4.74 Å². The summed E-state index contributed by atoms with van der Waals surface area (Å²) in [6.45, 7) is 1.30. The minimum absolute atomic E-state index is 0.0751. The number of nitrogens with zero attached hydrogens (tertiary/aromatic N) is 2. The van der Waals surface area contributed by atoms with Gasteiger partial charge in [-0.05, 0) is 45.8 Å². The number of amides is 1. The molecule has 1 heterocycles. The van der Waals surface area contributed by atoms with Crippen LogP contribution in [0.1, 0.15) is 15.9 Å². The van der Waals surface area contributed by atoms with Gasteiger partial charge in [-0.15, -0.1) is 0 Å². The van der Waals surface area contributed by atoms with Crippen LogP contribution in [0.25, 0.3) is 21.5 Å². The fourth-order valence-electron chi connectivity index (χ4n) is 4.14. The summed E-state index contributed by atoms with van der Waals surface area (Å²) in [7, 11) is -3.70. The normalized spacial score (nSPS) is 15.2. The second-order valence-corrected chi connectivity index (χ2v) is 9.91. The lowest BCUT2D eigenvalue weighted by molar-refractivity contribution is 0.0730. The van der Waals surface area contributed by atoms with Gasteiger partial charge in [0.15, 0.2) is 0 Å². The molecule has 0 aromatic heterocycles. The van der Waals surface area contributed by atoms with Crippen molar-refractivity contribution in [2.24, 2.45) is 5.10 Å². The third kappa shape index (κ3) is 4.31. The maximum absolute atomic E-state index is 12.9. The molecule has 0 radical (unpaired) electrons. The molecule has 0 spiro atoms. The van der Waals surface area contributed by atoms with Crippen molar-refractivity contribution in [3.63, 3.8) is 0 Å². The molecule has 8 heteroatoms. The lowest BCUT2D eigenvalue weighted by atomic mass is 9.97. The van der Waals surface area contributed by atoms with Gasteiger partial charge in [0.25, 0.3) is 5.91 Å². The number of carbonyl (C=O) groups is 1. The summed E-state index contributed by atoms with van der Waals surface area (Å²) in [4.78, 5) is 12.8. The van der Waals surface area contributed by atoms with Gasteiger partial charge in [0.1, 0.15) is 0 Å². The largest absolute Gasteiger partial charge is 0.379 e. The van der Waals surface area contributed by atoms with Crippen molar-refractivity contribution in [2.45, 2.75) is 4.90 Å². The number of benzene rings is 4. The zero-order chi connectivity index (χ0) is 23.5. The lowest BCUT2D eigenvalue weighted by Gasteiger charge is -2.26. The summed E-state index contributed by atoms with van der Waals surface area (Å²) in [5.41, 5.74) is 3.65. The van der Waals surface area contributed by atoms with Crippen molar-refractivity contribution in [2.75, 3.05) is 26.3 Å². The third-order valence-corrected chi connectivity index (χ3v) is 7.77. The standard InChI is InChI=1S/C26H23N3O4S/c30-26(21-8-5-9-22(17-21)34(31,32)29-12-14-33-15-13-29)28-27-18-25-23-10-3-1-6-19(23)16-20-7-2-4-11-24(20)25/h1-11,16-18H,12-15H2,(H,28,30). The highest BCUT2D eigenvalue weighted by Crippen LogP contribution is 2.27. The number of fused-ring (bicyclic) bond motifs is 2. The topological polar surface area (TPSA) is 88.1 Å². The fourth-order valence-corrected chi connectivity index (χ4v) is 5.60. The van der Waals surface area contributed by atoms with Gasteiger partial charge in [-0.25, -0.2) is 13.8 Å². The first kappa shape index (κ1) is 22.2. The Kier molecular flexibility index (Phi) is 6.10. The monoisotopic (exact) mass is 473 g/mol. The van der Waals surface area contributed by atoms with Gasteiger partial charge in [-0.3, -0.25) is 4.79 Å². The molecule has 1 N–H and O–H groups in total. The number of nitrogens with one attached hydrogen (secondary N) is 1. The zero-order valence-electron chi connectivity index (χ0n) is 18.3. The molecule has 1 amide bonds. The van der Waals surface area contributed by atoms with E-state index in [1.54, 1.807) is 18.3 Å². The summed E-state index contributed by atoms with van der Waals surface area (Å²) in [6.07, 6.45) is 1.64. The first-order valence-corrected chi connectivity index (χ1v) is 12.4. The Morgan fingerprint density at radius 1 is 0.882 bits per heavy atom. The summed E-state index contributed by atoms with van der Waals surface area (Å²) in [5, 5.41) is 8.41. The number of hydrogen-bond acceptors (Lipinski definition) is 5. The molecule has 34 heavy (non-hydrogen) atoms. The van der Waals surface area contributed by atoms with Gasteiger partial charge in [0.2, 0.25) is 10.0 Å². The van der Waals surface area contributed by atoms with Gasteiger partial charge in [0, 0.05) is 24.2 Å². The van der Waals surface area contributed by atoms with Gasteiger partial charge in [-0.2, -0.15) is 9.41 Å². The first-order chi connectivity index (χ1) is 16.5. The van der Waals surface area contributed by atoms with E-state index in [9.17, 15) is 13.2 Å². The number of rotatable bonds is 5. The van der Waals surface area contributed by atoms with E-state index >= 15 is 0 Å². The van der Waals surface area contributed by atoms with Crippen LogP contribution in [0.4, 0.5) is 0 Å². The zero-order valence-corrected chi connectivity index (χ0v) is 19.2. The first-order valence-electron chi connectivity index (χ1n) is 11.0. The summed E-state index contributed by atoms with van der Waals surface area (Å²) in [6, 6.07) is 24.1. The van der Waals surface area contributed by atoms with Crippen molar-refractivity contribution >= 4 is 43.7 Å². The van der Waals surface area contributed by atoms with Crippen LogP contribution in [0.5, 0.6) is 0 Å². The van der Waals surface area contributed by atoms with Crippen LogP contribution in [0, 0.1) is 0 Å². The van der Waals surface area contributed by atoms with Crippen LogP contribution in [0.3, 0.4) is 0 Å². The molecule has 0 atom stereocenters. The maximum atomic E-state index is 12.9. The average Bonchev–Trinajstić information content (AvgIpc) is 2.88. The van der Waals surface area contributed by atoms with Gasteiger partial charge in [-0.1, -0.05) is 54.6 Å². The molecule has 1 fully saturated rings. The Balaban J connectivity index is 1.40. The quantitative estimate of drug-likeness (QED) is 0.271. The van der Waals surface area contributed by atoms with Crippen molar-refractivity contribution in [3.05, 3.63) is 90.0 Å². The number of ether oxygens (including phenoxy) is 1. The van der Waals surface area contributed by atoms with Crippen LogP contribution in [0.2, 0.25) is 0 Å². The molecule has 0 saturated carbocycles. The molecule has 1 aliphatic heterocycles. The van der Waals surface area contributed by atoms with Crippen molar-refractivity contribution in [1.29, 1.82) is 0 Å². The van der Waals surface area contributed by atoms with Crippen LogP contribution >= 0.6 is 0 Å². The average molecular weight is 474 g/mol. The second kappa shape index (κ2) is 9.34. The van der Waals surface area contributed by atoms with E-state index in [1.807, 2.05) is 48.5 Å². The number of hydrazone groups is 1. The Hall–Kier alpha value is -3.59. The van der Waals surface area contributed by atoms with Crippen molar-refractivity contribution < 1.29 is 17.9 Å². The summed E-state index contributed by atoms with van der Waals surface area (Å²) < 4.78 is 32.5. The van der Waals surface area contributed by atoms with E-state index in [0.717, 1.165) is 27.1 Å². The third-order valence-electron chi connectivity index (χ3n) is 5.88. The Labute approximate surface area is 197 Å². The molecular formula is C26H23N3O4S. The van der Waals surface area contributed by atoms with E-state index in [2.05, 4.69) is 16.6 Å². The molecule has 0 bridgehead atoms. The van der Waals surface area contributed by atoms with E-state index in [1.165, 1.54) is 16.4 Å². The number of carbonyl (C=O) groups excluding carboxylic acids is 1. The maximum Gasteiger partial charge on any atom is 0.271 e. The van der Waals surface area contributed by atoms with E-state index in [0.29, 0.717) is 26.3 Å². The van der Waals surface area contributed by atoms with Crippen LogP contribution in [0.15, 0.2) is 88.9 Å². The van der Waals surface area contributed by atoms with E-state index in [-0.39, 0.29) is 10.5 Å². The van der Waals surface area contributed by atoms with Crippen LogP contribution < -0.4 is 5.43 Å². The Morgan fingerprint density at radius 2 is 1.53 bits per heavy atom. The van der Waals surface area contributed by atoms with Gasteiger partial charge in [0.05, 0.1) is 24.3 Å². The number of morpholine rings is 1. The molecule has 172 valence electrons. The Morgan fingerprint density at radius 3 is 2.21 bits per heavy atom. The second-order valence-electron chi connectivity index (χ2n) is 7.98. The Bertz CT molecular complexity index is 1460. The number of hydrogen-bond donors (Lipinski definition) is 1. The predicted octanol–water partition coefficient (Wildman–Crippen LogP) is 3.78. The lowest BCUT2D eigenvalue weighted by Crippen LogP contribution is -2.40. The van der Waals surface area contributed by atoms with Crippen molar-refractivity contribution in [1.82, 2.24) is 9.73 Å². The van der Waals surface area contributed by atoms with Crippen molar-refractivity contribution in [3.8, 4) is 0 Å². The highest BCUT2D eigenvalue weighted by Gasteiger charge is 2.26. The number of sulfonamides is 1. The smallest absolute Gasteiger partial charge is 0.271 e. The minimum atomic E-state index is -3.70. The molecule has 7 nitrogen and oxygen atoms in total. The molecule has 0 aliphatic carbocycles. The summed E-state index contributed by atoms with van der Waals surface area (Å²) in [5.74, 6) is -0.486. The fraction of sp³-hybridized carbons (Fsp3) is 0.154. The molecule has 5 rings (SSSR count). The van der Waals surface area contributed by atoms with Gasteiger partial charge < -0.3 is 4.74 Å². The molecular weight excluding hydrogens is 450 g/mol. The SMILES string of the molecule is O=C(NN=Cc1c2ccccc2cc2ccccc12)c1cccc(S(=O)(=O)N2CCOCC2)c1. The minimum Gasteiger partial charge on any atom is -0.379 e. The molecule has 1 aliphatic rings. The van der Waals surface area contributed by atoms with Crippen LogP contribution in [-0.4, -0.2) is 51.1 Å².